The van der Waals surface area contributed by atoms with E-state index in [1.165, 1.54) is 12.1 Å². The molecule has 4 nitrogen and oxygen atoms in total. The summed E-state index contributed by atoms with van der Waals surface area (Å²) in [4.78, 5) is 10.9. The molecular formula is C20H21F3O4. The van der Waals surface area contributed by atoms with E-state index in [-0.39, 0.29) is 19.1 Å². The Kier molecular flexibility index (Phi) is 6.71. The standard InChI is InChI=1S/C20H21F3O4/c1-13(14(2)19(24)25)11-26-17-7-9-18(10-8-17)27-12-15-3-5-16(6-4-15)20(21,22)23/h3-10,13-14H,11-12H2,1-2H3,(H,24,25). The number of aliphatic carboxylic acids is 1. The molecule has 2 aromatic carbocycles. The van der Waals surface area contributed by atoms with Crippen molar-refractivity contribution in [1.82, 2.24) is 0 Å². The average molecular weight is 382 g/mol. The molecule has 0 aromatic heterocycles. The Morgan fingerprint density at radius 1 is 0.963 bits per heavy atom. The second kappa shape index (κ2) is 8.79. The number of halogens is 3. The fourth-order valence-electron chi connectivity index (χ4n) is 2.20. The van der Waals surface area contributed by atoms with Crippen molar-refractivity contribution in [1.29, 1.82) is 0 Å². The van der Waals surface area contributed by atoms with Crippen molar-refractivity contribution < 1.29 is 32.5 Å². The van der Waals surface area contributed by atoms with Gasteiger partial charge in [-0.15, -0.1) is 0 Å². The Bertz CT molecular complexity index is 739. The summed E-state index contributed by atoms with van der Waals surface area (Å²) in [5.74, 6) is -0.372. The molecule has 0 fully saturated rings. The summed E-state index contributed by atoms with van der Waals surface area (Å²) in [6.07, 6.45) is -4.35. The molecule has 27 heavy (non-hydrogen) atoms. The number of carbonyl (C=O) groups is 1. The maximum atomic E-state index is 12.5. The highest BCUT2D eigenvalue weighted by Gasteiger charge is 2.29. The van der Waals surface area contributed by atoms with Crippen LogP contribution in [0.25, 0.3) is 0 Å². The molecule has 0 aliphatic heterocycles. The Morgan fingerprint density at radius 2 is 1.48 bits per heavy atom. The molecule has 0 aliphatic carbocycles. The van der Waals surface area contributed by atoms with Crippen molar-refractivity contribution in [2.45, 2.75) is 26.6 Å². The molecular weight excluding hydrogens is 361 g/mol. The van der Waals surface area contributed by atoms with Crippen LogP contribution in [0, 0.1) is 11.8 Å². The van der Waals surface area contributed by atoms with Crippen molar-refractivity contribution in [3.63, 3.8) is 0 Å². The lowest BCUT2D eigenvalue weighted by atomic mass is 9.97. The molecule has 0 amide bonds. The number of benzene rings is 2. The predicted molar refractivity (Wildman–Crippen MR) is 93.7 cm³/mol. The maximum Gasteiger partial charge on any atom is 0.416 e. The van der Waals surface area contributed by atoms with Gasteiger partial charge < -0.3 is 14.6 Å². The summed E-state index contributed by atoms with van der Waals surface area (Å²) in [6, 6.07) is 11.6. The molecule has 2 atom stereocenters. The summed E-state index contributed by atoms with van der Waals surface area (Å²) in [7, 11) is 0. The van der Waals surface area contributed by atoms with Crippen molar-refractivity contribution in [3.8, 4) is 11.5 Å². The molecule has 0 heterocycles. The van der Waals surface area contributed by atoms with Gasteiger partial charge >= 0.3 is 12.1 Å². The monoisotopic (exact) mass is 382 g/mol. The normalized spacial score (nSPS) is 13.7. The maximum absolute atomic E-state index is 12.5. The zero-order valence-electron chi connectivity index (χ0n) is 15.0. The molecule has 0 radical (unpaired) electrons. The highest BCUT2D eigenvalue weighted by Crippen LogP contribution is 2.29. The largest absolute Gasteiger partial charge is 0.493 e. The number of rotatable bonds is 8. The fraction of sp³-hybridized carbons (Fsp3) is 0.350. The van der Waals surface area contributed by atoms with E-state index < -0.39 is 23.6 Å². The summed E-state index contributed by atoms with van der Waals surface area (Å²) in [5, 5.41) is 8.97. The summed E-state index contributed by atoms with van der Waals surface area (Å²) < 4.78 is 48.7. The first-order valence-electron chi connectivity index (χ1n) is 8.41. The Labute approximate surface area is 155 Å². The highest BCUT2D eigenvalue weighted by molar-refractivity contribution is 5.69. The van der Waals surface area contributed by atoms with Crippen LogP contribution >= 0.6 is 0 Å². The van der Waals surface area contributed by atoms with Crippen molar-refractivity contribution in [3.05, 3.63) is 59.7 Å². The van der Waals surface area contributed by atoms with Gasteiger partial charge in [0.2, 0.25) is 0 Å². The predicted octanol–water partition coefficient (Wildman–Crippen LogP) is 5.02. The third-order valence-electron chi connectivity index (χ3n) is 4.27. The van der Waals surface area contributed by atoms with E-state index in [9.17, 15) is 18.0 Å². The minimum absolute atomic E-state index is 0.141. The third kappa shape index (κ3) is 6.20. The molecule has 2 rings (SSSR count). The lowest BCUT2D eigenvalue weighted by Gasteiger charge is -2.16. The number of ether oxygens (including phenoxy) is 2. The van der Waals surface area contributed by atoms with Crippen LogP contribution in [-0.4, -0.2) is 17.7 Å². The molecule has 0 saturated carbocycles. The quantitative estimate of drug-likeness (QED) is 0.697. The summed E-state index contributed by atoms with van der Waals surface area (Å²) in [5.41, 5.74) is -0.0704. The first-order chi connectivity index (χ1) is 12.7. The second-order valence-corrected chi connectivity index (χ2v) is 6.37. The van der Waals surface area contributed by atoms with Crippen LogP contribution in [0.3, 0.4) is 0 Å². The zero-order chi connectivity index (χ0) is 20.0. The third-order valence-corrected chi connectivity index (χ3v) is 4.27. The van der Waals surface area contributed by atoms with Gasteiger partial charge in [0.25, 0.3) is 0 Å². The lowest BCUT2D eigenvalue weighted by Crippen LogP contribution is -2.23. The van der Waals surface area contributed by atoms with Crippen LogP contribution in [0.4, 0.5) is 13.2 Å². The lowest BCUT2D eigenvalue weighted by molar-refractivity contribution is -0.143. The molecule has 7 heteroatoms. The molecule has 0 aliphatic rings. The average Bonchev–Trinajstić information content (AvgIpc) is 2.64. The zero-order valence-corrected chi connectivity index (χ0v) is 15.0. The molecule has 2 aromatic rings. The molecule has 0 bridgehead atoms. The summed E-state index contributed by atoms with van der Waals surface area (Å²) in [6.45, 7) is 3.86. The number of carboxylic acids is 1. The van der Waals surface area contributed by atoms with E-state index in [2.05, 4.69) is 0 Å². The second-order valence-electron chi connectivity index (χ2n) is 6.37. The molecule has 0 spiro atoms. The van der Waals surface area contributed by atoms with Crippen LogP contribution in [0.15, 0.2) is 48.5 Å². The van der Waals surface area contributed by atoms with Crippen LogP contribution in [-0.2, 0) is 17.6 Å². The van der Waals surface area contributed by atoms with E-state index in [1.807, 2.05) is 0 Å². The minimum atomic E-state index is -4.35. The van der Waals surface area contributed by atoms with Gasteiger partial charge in [-0.3, -0.25) is 4.79 Å². The highest BCUT2D eigenvalue weighted by atomic mass is 19.4. The fourth-order valence-corrected chi connectivity index (χ4v) is 2.20. The molecule has 146 valence electrons. The first kappa shape index (κ1) is 20.6. The van der Waals surface area contributed by atoms with Gasteiger partial charge in [0.15, 0.2) is 0 Å². The molecule has 1 N–H and O–H groups in total. The van der Waals surface area contributed by atoms with Gasteiger partial charge in [-0.2, -0.15) is 13.2 Å². The Morgan fingerprint density at radius 3 is 1.96 bits per heavy atom. The van der Waals surface area contributed by atoms with Gasteiger partial charge in [-0.05, 0) is 42.0 Å². The van der Waals surface area contributed by atoms with Gasteiger partial charge in [-0.1, -0.05) is 26.0 Å². The van der Waals surface area contributed by atoms with Gasteiger partial charge in [-0.25, -0.2) is 0 Å². The van der Waals surface area contributed by atoms with Gasteiger partial charge in [0, 0.05) is 5.92 Å². The van der Waals surface area contributed by atoms with Crippen LogP contribution in [0.1, 0.15) is 25.0 Å². The van der Waals surface area contributed by atoms with Gasteiger partial charge in [0.1, 0.15) is 18.1 Å². The van der Waals surface area contributed by atoms with E-state index in [0.717, 1.165) is 12.1 Å². The van der Waals surface area contributed by atoms with Crippen molar-refractivity contribution in [2.24, 2.45) is 11.8 Å². The Balaban J connectivity index is 1.84. The van der Waals surface area contributed by atoms with Crippen molar-refractivity contribution in [2.75, 3.05) is 6.61 Å². The number of hydrogen-bond acceptors (Lipinski definition) is 3. The number of hydrogen-bond donors (Lipinski definition) is 1. The number of carboxylic acid groups (broad SMARTS) is 1. The topological polar surface area (TPSA) is 55.8 Å². The number of alkyl halides is 3. The summed E-state index contributed by atoms with van der Waals surface area (Å²) >= 11 is 0. The van der Waals surface area contributed by atoms with Crippen LogP contribution in [0.5, 0.6) is 11.5 Å². The molecule has 2 unspecified atom stereocenters. The van der Waals surface area contributed by atoms with Crippen molar-refractivity contribution >= 4 is 5.97 Å². The Hall–Kier alpha value is -2.70. The first-order valence-corrected chi connectivity index (χ1v) is 8.41. The molecule has 0 saturated heterocycles. The van der Waals surface area contributed by atoms with E-state index >= 15 is 0 Å². The minimum Gasteiger partial charge on any atom is -0.493 e. The SMILES string of the molecule is CC(COc1ccc(OCc2ccc(C(F)(F)F)cc2)cc1)C(C)C(=O)O. The van der Waals surface area contributed by atoms with E-state index in [1.54, 1.807) is 38.1 Å². The van der Waals surface area contributed by atoms with Crippen LogP contribution in [0.2, 0.25) is 0 Å². The van der Waals surface area contributed by atoms with E-state index in [0.29, 0.717) is 17.1 Å². The smallest absolute Gasteiger partial charge is 0.416 e. The van der Waals surface area contributed by atoms with Crippen LogP contribution < -0.4 is 9.47 Å². The van der Waals surface area contributed by atoms with E-state index in [4.69, 9.17) is 14.6 Å². The van der Waals surface area contributed by atoms with Gasteiger partial charge in [0.05, 0.1) is 18.1 Å².